The van der Waals surface area contributed by atoms with Gasteiger partial charge in [-0.2, -0.15) is 0 Å². The zero-order chi connectivity index (χ0) is 18.6. The molecule has 2 saturated heterocycles. The molecule has 0 aliphatic carbocycles. The van der Waals surface area contributed by atoms with Crippen molar-refractivity contribution in [1.29, 1.82) is 0 Å². The predicted octanol–water partition coefficient (Wildman–Crippen LogP) is 2.85. The van der Waals surface area contributed by atoms with Crippen LogP contribution in [0.2, 0.25) is 0 Å². The summed E-state index contributed by atoms with van der Waals surface area (Å²) in [6.07, 6.45) is 3.95. The summed E-state index contributed by atoms with van der Waals surface area (Å²) in [6.45, 7) is 5.67. The number of rotatable bonds is 5. The van der Waals surface area contributed by atoms with E-state index in [1.54, 1.807) is 4.90 Å². The largest absolute Gasteiger partial charge is 0.375 e. The van der Waals surface area contributed by atoms with Crippen molar-refractivity contribution in [3.63, 3.8) is 0 Å². The smallest absolute Gasteiger partial charge is 0.319 e. The first-order chi connectivity index (χ1) is 12.5. The maximum atomic E-state index is 12.1. The number of aryl methyl sites for hydroxylation is 1. The van der Waals surface area contributed by atoms with Gasteiger partial charge in [0.2, 0.25) is 0 Å². The van der Waals surface area contributed by atoms with Crippen molar-refractivity contribution in [3.05, 3.63) is 29.6 Å². The Balaban J connectivity index is 1.46. The molecule has 2 fully saturated rings. The molecule has 3 heterocycles. The van der Waals surface area contributed by atoms with E-state index in [-0.39, 0.29) is 11.6 Å². The van der Waals surface area contributed by atoms with E-state index in [1.165, 1.54) is 0 Å². The summed E-state index contributed by atoms with van der Waals surface area (Å²) in [5.74, 6) is 0.518. The van der Waals surface area contributed by atoms with Crippen molar-refractivity contribution >= 4 is 6.03 Å². The Morgan fingerprint density at radius 2 is 2.15 bits per heavy atom. The Labute approximate surface area is 156 Å². The molecular weight excluding hydrogens is 330 g/mol. The lowest BCUT2D eigenvalue weighted by molar-refractivity contribution is -0.0671. The van der Waals surface area contributed by atoms with Gasteiger partial charge in [-0.15, -0.1) is 0 Å². The molecule has 0 radical (unpaired) electrons. The second kappa shape index (κ2) is 8.35. The molecule has 0 bridgehead atoms. The lowest BCUT2D eigenvalue weighted by atomic mass is 9.78. The fourth-order valence-corrected chi connectivity index (χ4v) is 4.19. The highest BCUT2D eigenvalue weighted by Crippen LogP contribution is 2.42. The van der Waals surface area contributed by atoms with E-state index < -0.39 is 0 Å². The fraction of sp³-hybridized carbons (Fsp3) is 0.700. The number of pyridine rings is 1. The molecule has 2 aliphatic heterocycles. The lowest BCUT2D eigenvalue weighted by Gasteiger charge is -2.42. The number of ether oxygens (including phenoxy) is 2. The number of likely N-dealkylation sites (tertiary alicyclic amines) is 1. The third kappa shape index (κ3) is 4.35. The highest BCUT2D eigenvalue weighted by atomic mass is 16.5. The highest BCUT2D eigenvalue weighted by Gasteiger charge is 2.46. The van der Waals surface area contributed by atoms with Crippen molar-refractivity contribution in [2.24, 2.45) is 5.92 Å². The summed E-state index contributed by atoms with van der Waals surface area (Å²) in [5, 5.41) is 0. The topological polar surface area (TPSA) is 54.9 Å². The van der Waals surface area contributed by atoms with Gasteiger partial charge >= 0.3 is 6.03 Å². The van der Waals surface area contributed by atoms with Gasteiger partial charge in [-0.3, -0.25) is 4.98 Å². The maximum absolute atomic E-state index is 12.1. The molecule has 6 nitrogen and oxygen atoms in total. The summed E-state index contributed by atoms with van der Waals surface area (Å²) in [4.78, 5) is 20.2. The van der Waals surface area contributed by atoms with Gasteiger partial charge in [-0.25, -0.2) is 4.79 Å². The first kappa shape index (κ1) is 19.1. The van der Waals surface area contributed by atoms with Crippen LogP contribution in [0, 0.1) is 12.8 Å². The molecular formula is C20H31N3O3. The Hall–Kier alpha value is -1.66. The van der Waals surface area contributed by atoms with Gasteiger partial charge in [-0.05, 0) is 50.7 Å². The molecule has 0 N–H and O–H groups in total. The number of aromatic nitrogens is 1. The number of hydrogen-bond acceptors (Lipinski definition) is 4. The SMILES string of the molecule is Cc1cccc(COCCC2CCOC23CCN(C(=O)N(C)C)CC3)n1. The van der Waals surface area contributed by atoms with Crippen LogP contribution in [-0.2, 0) is 16.1 Å². The van der Waals surface area contributed by atoms with E-state index in [0.29, 0.717) is 12.5 Å². The third-order valence-corrected chi connectivity index (χ3v) is 5.67. The van der Waals surface area contributed by atoms with Crippen molar-refractivity contribution in [1.82, 2.24) is 14.8 Å². The van der Waals surface area contributed by atoms with Crippen LogP contribution >= 0.6 is 0 Å². The van der Waals surface area contributed by atoms with E-state index >= 15 is 0 Å². The maximum Gasteiger partial charge on any atom is 0.319 e. The molecule has 6 heteroatoms. The van der Waals surface area contributed by atoms with Crippen LogP contribution in [0.3, 0.4) is 0 Å². The summed E-state index contributed by atoms with van der Waals surface area (Å²) < 4.78 is 12.1. The van der Waals surface area contributed by atoms with Gasteiger partial charge in [0.15, 0.2) is 0 Å². The number of piperidine rings is 1. The minimum Gasteiger partial charge on any atom is -0.375 e. The van der Waals surface area contributed by atoms with E-state index in [2.05, 4.69) is 4.98 Å². The third-order valence-electron chi connectivity index (χ3n) is 5.67. The minimum atomic E-state index is -0.0615. The zero-order valence-corrected chi connectivity index (χ0v) is 16.2. The molecule has 2 amide bonds. The number of hydrogen-bond donors (Lipinski definition) is 0. The number of amides is 2. The predicted molar refractivity (Wildman–Crippen MR) is 99.9 cm³/mol. The van der Waals surface area contributed by atoms with Crippen LogP contribution in [-0.4, -0.2) is 66.8 Å². The summed E-state index contributed by atoms with van der Waals surface area (Å²) in [5.41, 5.74) is 1.94. The molecule has 144 valence electrons. The Morgan fingerprint density at radius 3 is 2.85 bits per heavy atom. The highest BCUT2D eigenvalue weighted by molar-refractivity contribution is 5.73. The molecule has 2 aliphatic rings. The molecule has 1 aromatic rings. The van der Waals surface area contributed by atoms with Crippen LogP contribution in [0.1, 0.15) is 37.1 Å². The number of urea groups is 1. The Morgan fingerprint density at radius 1 is 1.38 bits per heavy atom. The average molecular weight is 361 g/mol. The summed E-state index contributed by atoms with van der Waals surface area (Å²) in [6, 6.07) is 6.12. The average Bonchev–Trinajstić information content (AvgIpc) is 3.01. The second-order valence-electron chi connectivity index (χ2n) is 7.67. The molecule has 0 aromatic carbocycles. The summed E-state index contributed by atoms with van der Waals surface area (Å²) in [7, 11) is 3.62. The normalized spacial score (nSPS) is 22.0. The molecule has 1 unspecified atom stereocenters. The van der Waals surface area contributed by atoms with Gasteiger partial charge in [0.05, 0.1) is 17.9 Å². The molecule has 1 atom stereocenters. The van der Waals surface area contributed by atoms with Crippen LogP contribution < -0.4 is 0 Å². The molecule has 1 aromatic heterocycles. The van der Waals surface area contributed by atoms with Crippen LogP contribution in [0.4, 0.5) is 4.79 Å². The number of carbonyl (C=O) groups excluding carboxylic acids is 1. The lowest BCUT2D eigenvalue weighted by Crippen LogP contribution is -2.51. The van der Waals surface area contributed by atoms with Gasteiger partial charge in [0, 0.05) is 46.1 Å². The van der Waals surface area contributed by atoms with Crippen molar-refractivity contribution in [2.75, 3.05) is 40.4 Å². The van der Waals surface area contributed by atoms with Gasteiger partial charge < -0.3 is 19.3 Å². The molecule has 1 spiro atoms. The first-order valence-corrected chi connectivity index (χ1v) is 9.61. The van der Waals surface area contributed by atoms with E-state index in [1.807, 2.05) is 44.1 Å². The van der Waals surface area contributed by atoms with Crippen LogP contribution in [0.5, 0.6) is 0 Å². The monoisotopic (exact) mass is 361 g/mol. The second-order valence-corrected chi connectivity index (χ2v) is 7.67. The van der Waals surface area contributed by atoms with Gasteiger partial charge in [0.25, 0.3) is 0 Å². The standard InChI is InChI=1S/C20H31N3O3/c1-16-5-4-6-18(21-16)15-25-13-7-17-8-14-26-20(17)9-11-23(12-10-20)19(24)22(2)3/h4-6,17H,7-15H2,1-3H3. The fourth-order valence-electron chi connectivity index (χ4n) is 4.19. The van der Waals surface area contributed by atoms with E-state index in [9.17, 15) is 4.79 Å². The van der Waals surface area contributed by atoms with Gasteiger partial charge in [0.1, 0.15) is 0 Å². The zero-order valence-electron chi connectivity index (χ0n) is 16.2. The van der Waals surface area contributed by atoms with E-state index in [0.717, 1.165) is 63.4 Å². The van der Waals surface area contributed by atoms with Gasteiger partial charge in [-0.1, -0.05) is 6.07 Å². The molecule has 3 rings (SSSR count). The van der Waals surface area contributed by atoms with Crippen LogP contribution in [0.25, 0.3) is 0 Å². The van der Waals surface area contributed by atoms with Crippen LogP contribution in [0.15, 0.2) is 18.2 Å². The molecule has 26 heavy (non-hydrogen) atoms. The van der Waals surface area contributed by atoms with Crippen molar-refractivity contribution < 1.29 is 14.3 Å². The number of nitrogens with zero attached hydrogens (tertiary/aromatic N) is 3. The Bertz CT molecular complexity index is 612. The Kier molecular flexibility index (Phi) is 6.14. The molecule has 0 saturated carbocycles. The van der Waals surface area contributed by atoms with Crippen molar-refractivity contribution in [3.8, 4) is 0 Å². The van der Waals surface area contributed by atoms with E-state index in [4.69, 9.17) is 9.47 Å². The number of carbonyl (C=O) groups is 1. The first-order valence-electron chi connectivity index (χ1n) is 9.61. The van der Waals surface area contributed by atoms with Crippen molar-refractivity contribution in [2.45, 2.75) is 44.8 Å². The quantitative estimate of drug-likeness (QED) is 0.757. The minimum absolute atomic E-state index is 0.0615. The summed E-state index contributed by atoms with van der Waals surface area (Å²) >= 11 is 0.